The van der Waals surface area contributed by atoms with Crippen molar-refractivity contribution in [3.8, 4) is 21.9 Å². The molecule has 0 radical (unpaired) electrons. The van der Waals surface area contributed by atoms with Crippen molar-refractivity contribution >= 4 is 28.9 Å². The Hall–Kier alpha value is -4.23. The van der Waals surface area contributed by atoms with Crippen LogP contribution >= 0.6 is 11.3 Å². The Labute approximate surface area is 255 Å². The van der Waals surface area contributed by atoms with Crippen LogP contribution in [0.4, 0.5) is 24.8 Å². The fraction of sp³-hybridized carbons (Fsp3) is 0.355. The van der Waals surface area contributed by atoms with Crippen LogP contribution in [-0.2, 0) is 29.5 Å². The molecule has 1 aliphatic carbocycles. The topological polar surface area (TPSA) is 132 Å². The maximum atomic E-state index is 13.4. The van der Waals surface area contributed by atoms with Gasteiger partial charge in [0.15, 0.2) is 11.5 Å². The number of thiazole rings is 1. The van der Waals surface area contributed by atoms with E-state index in [2.05, 4.69) is 20.3 Å². The number of aromatic hydroxyl groups is 2. The molecule has 6 rings (SSSR count). The normalized spacial score (nSPS) is 20.3. The van der Waals surface area contributed by atoms with Gasteiger partial charge in [-0.1, -0.05) is 6.07 Å². The van der Waals surface area contributed by atoms with Gasteiger partial charge in [0.05, 0.1) is 4.88 Å². The van der Waals surface area contributed by atoms with Crippen molar-refractivity contribution < 1.29 is 33.3 Å². The summed E-state index contributed by atoms with van der Waals surface area (Å²) in [6.07, 6.45) is 0.499. The fourth-order valence-electron chi connectivity index (χ4n) is 5.91. The first-order valence-electron chi connectivity index (χ1n) is 14.2. The average Bonchev–Trinajstić information content (AvgIpc) is 3.49. The second kappa shape index (κ2) is 11.4. The number of anilines is 2. The van der Waals surface area contributed by atoms with Crippen LogP contribution in [0.2, 0.25) is 0 Å². The third kappa shape index (κ3) is 6.06. The number of nitrogens with zero attached hydrogens (tertiary/aromatic N) is 4. The van der Waals surface area contributed by atoms with Gasteiger partial charge in [0.1, 0.15) is 16.3 Å². The lowest BCUT2D eigenvalue weighted by Gasteiger charge is -2.37. The summed E-state index contributed by atoms with van der Waals surface area (Å²) in [5, 5.41) is 34.6. The second-order valence-electron chi connectivity index (χ2n) is 11.4. The van der Waals surface area contributed by atoms with Gasteiger partial charge in [-0.25, -0.2) is 15.0 Å². The minimum Gasteiger partial charge on any atom is -0.504 e. The maximum absolute atomic E-state index is 13.4. The number of alkyl halides is 3. The number of hydrogen-bond acceptors (Lipinski definition) is 9. The number of fused-ring (bicyclic) bond motifs is 1. The zero-order valence-corrected chi connectivity index (χ0v) is 24.5. The Balaban J connectivity index is 1.12. The maximum Gasteiger partial charge on any atom is 0.433 e. The average molecular weight is 626 g/mol. The summed E-state index contributed by atoms with van der Waals surface area (Å²) in [6.45, 7) is 2.76. The fourth-order valence-corrected chi connectivity index (χ4v) is 6.96. The largest absolute Gasteiger partial charge is 0.504 e. The Bertz CT molecular complexity index is 1720. The van der Waals surface area contributed by atoms with E-state index in [0.29, 0.717) is 55.9 Å². The molecule has 44 heavy (non-hydrogen) atoms. The number of amides is 1. The molecule has 1 aliphatic heterocycles. The van der Waals surface area contributed by atoms with Crippen molar-refractivity contribution in [2.75, 3.05) is 11.9 Å². The van der Waals surface area contributed by atoms with Crippen LogP contribution in [0.3, 0.4) is 0 Å². The van der Waals surface area contributed by atoms with Crippen molar-refractivity contribution in [3.63, 3.8) is 0 Å². The quantitative estimate of drug-likeness (QED) is 0.197. The lowest BCUT2D eigenvalue weighted by molar-refractivity contribution is -0.141. The van der Waals surface area contributed by atoms with E-state index in [1.165, 1.54) is 17.4 Å². The number of aliphatic hydroxyl groups is 1. The molecule has 0 spiro atoms. The number of aryl methyl sites for hydroxylation is 1. The molecule has 4 N–H and O–H groups in total. The van der Waals surface area contributed by atoms with Crippen LogP contribution in [0.15, 0.2) is 48.8 Å². The Morgan fingerprint density at radius 2 is 1.80 bits per heavy atom. The SMILES string of the molecule is Cc1cc(Nc2nccc(C(F)(F)F)n2)cc(-c2cnc([C@]3(O)CC[C@H](C(=O)N4CCc5cc(O)c(O)cc5C4)CC3)s2)c1. The summed E-state index contributed by atoms with van der Waals surface area (Å²) < 4.78 is 39.3. The zero-order valence-electron chi connectivity index (χ0n) is 23.7. The summed E-state index contributed by atoms with van der Waals surface area (Å²) in [5.41, 5.74) is 1.68. The molecule has 2 aromatic carbocycles. The molecular formula is C31H30F3N5O4S. The number of rotatable bonds is 5. The summed E-state index contributed by atoms with van der Waals surface area (Å²) >= 11 is 1.34. The predicted octanol–water partition coefficient (Wildman–Crippen LogP) is 6.04. The summed E-state index contributed by atoms with van der Waals surface area (Å²) in [4.78, 5) is 27.9. The molecule has 2 aromatic heterocycles. The number of hydrogen-bond donors (Lipinski definition) is 4. The van der Waals surface area contributed by atoms with Crippen LogP contribution in [0.1, 0.15) is 53.1 Å². The molecule has 0 saturated heterocycles. The molecule has 1 saturated carbocycles. The number of phenols is 2. The van der Waals surface area contributed by atoms with E-state index >= 15 is 0 Å². The molecular weight excluding hydrogens is 595 g/mol. The number of nitrogens with one attached hydrogen (secondary N) is 1. The second-order valence-corrected chi connectivity index (χ2v) is 12.5. The number of aromatic nitrogens is 3. The highest BCUT2D eigenvalue weighted by atomic mass is 32.1. The molecule has 9 nitrogen and oxygen atoms in total. The molecule has 0 unspecified atom stereocenters. The van der Waals surface area contributed by atoms with E-state index in [-0.39, 0.29) is 29.3 Å². The smallest absolute Gasteiger partial charge is 0.433 e. The highest BCUT2D eigenvalue weighted by Gasteiger charge is 2.41. The van der Waals surface area contributed by atoms with Crippen molar-refractivity contribution in [2.24, 2.45) is 5.92 Å². The van der Waals surface area contributed by atoms with Gasteiger partial charge in [-0.3, -0.25) is 4.79 Å². The molecule has 4 aromatic rings. The van der Waals surface area contributed by atoms with Gasteiger partial charge in [-0.15, -0.1) is 11.3 Å². The van der Waals surface area contributed by atoms with Crippen LogP contribution in [0.25, 0.3) is 10.4 Å². The van der Waals surface area contributed by atoms with Gasteiger partial charge < -0.3 is 25.5 Å². The van der Waals surface area contributed by atoms with Crippen molar-refractivity contribution in [1.82, 2.24) is 19.9 Å². The summed E-state index contributed by atoms with van der Waals surface area (Å²) in [5.74, 6) is -0.746. The highest BCUT2D eigenvalue weighted by molar-refractivity contribution is 7.15. The van der Waals surface area contributed by atoms with Gasteiger partial charge >= 0.3 is 6.18 Å². The van der Waals surface area contributed by atoms with Crippen LogP contribution < -0.4 is 5.32 Å². The Kier molecular flexibility index (Phi) is 7.70. The Morgan fingerprint density at radius 1 is 1.07 bits per heavy atom. The standard InChI is InChI=1S/C31H30F3N5O4S/c1-17-10-20(12-22(11-17)37-29-35-8-4-26(38-29)31(32,33)34)25-15-36-28(44-25)30(43)6-2-18(3-7-30)27(42)39-9-5-19-13-23(40)24(41)14-21(19)16-39/h4,8,10-15,18,40-41,43H,2-3,5-7,9,16H2,1H3,(H,35,37,38)/t18-,30-. The van der Waals surface area contributed by atoms with Crippen molar-refractivity contribution in [2.45, 2.75) is 57.3 Å². The lowest BCUT2D eigenvalue weighted by Crippen LogP contribution is -2.42. The van der Waals surface area contributed by atoms with Gasteiger partial charge in [0.2, 0.25) is 11.9 Å². The molecule has 1 fully saturated rings. The highest BCUT2D eigenvalue weighted by Crippen LogP contribution is 2.44. The van der Waals surface area contributed by atoms with E-state index in [9.17, 15) is 33.3 Å². The summed E-state index contributed by atoms with van der Waals surface area (Å²) in [6, 6.07) is 9.34. The molecule has 0 atom stereocenters. The van der Waals surface area contributed by atoms with Gasteiger partial charge in [-0.05, 0) is 91.6 Å². The first-order valence-corrected chi connectivity index (χ1v) is 15.0. The van der Waals surface area contributed by atoms with E-state index in [1.54, 1.807) is 29.3 Å². The third-order valence-electron chi connectivity index (χ3n) is 8.25. The van der Waals surface area contributed by atoms with Crippen LogP contribution in [0, 0.1) is 12.8 Å². The molecule has 2 aliphatic rings. The molecule has 1 amide bonds. The Morgan fingerprint density at radius 3 is 2.52 bits per heavy atom. The monoisotopic (exact) mass is 625 g/mol. The van der Waals surface area contributed by atoms with E-state index in [0.717, 1.165) is 39.4 Å². The number of carbonyl (C=O) groups excluding carboxylic acids is 1. The minimum absolute atomic E-state index is 0.0228. The van der Waals surface area contributed by atoms with Crippen molar-refractivity contribution in [3.05, 3.63) is 76.2 Å². The first-order chi connectivity index (χ1) is 20.9. The molecule has 0 bridgehead atoms. The number of halogens is 3. The molecule has 13 heteroatoms. The lowest BCUT2D eigenvalue weighted by atomic mass is 9.78. The molecule has 3 heterocycles. The zero-order chi connectivity index (χ0) is 31.2. The number of phenolic OH excluding ortho intramolecular Hbond substituents is 2. The first kappa shape index (κ1) is 29.8. The third-order valence-corrected chi connectivity index (χ3v) is 9.49. The number of carbonyl (C=O) groups is 1. The van der Waals surface area contributed by atoms with Gasteiger partial charge in [0, 0.05) is 37.1 Å². The number of benzene rings is 2. The minimum atomic E-state index is -4.58. The van der Waals surface area contributed by atoms with Crippen LogP contribution in [0.5, 0.6) is 11.5 Å². The van der Waals surface area contributed by atoms with Gasteiger partial charge in [0.25, 0.3) is 0 Å². The predicted molar refractivity (Wildman–Crippen MR) is 157 cm³/mol. The summed E-state index contributed by atoms with van der Waals surface area (Å²) in [7, 11) is 0. The van der Waals surface area contributed by atoms with E-state index in [4.69, 9.17) is 0 Å². The van der Waals surface area contributed by atoms with Gasteiger partial charge in [-0.2, -0.15) is 13.2 Å². The van der Waals surface area contributed by atoms with Crippen LogP contribution in [-0.4, -0.2) is 47.6 Å². The van der Waals surface area contributed by atoms with E-state index in [1.807, 2.05) is 13.0 Å². The van der Waals surface area contributed by atoms with E-state index < -0.39 is 17.5 Å². The molecule has 230 valence electrons. The van der Waals surface area contributed by atoms with Crippen molar-refractivity contribution in [1.29, 1.82) is 0 Å².